The number of likely N-dealkylation sites (tertiary alicyclic amines) is 1. The highest BCUT2D eigenvalue weighted by Crippen LogP contribution is 2.33. The second-order valence-corrected chi connectivity index (χ2v) is 7.17. The van der Waals surface area contributed by atoms with Gasteiger partial charge in [0.1, 0.15) is 5.82 Å². The van der Waals surface area contributed by atoms with Crippen LogP contribution in [0.2, 0.25) is 0 Å². The third-order valence-electron chi connectivity index (χ3n) is 5.18. The smallest absolute Gasteiger partial charge is 0.334 e. The van der Waals surface area contributed by atoms with Crippen molar-refractivity contribution < 1.29 is 17.6 Å². The van der Waals surface area contributed by atoms with Crippen LogP contribution in [0.3, 0.4) is 0 Å². The number of imidazole rings is 1. The van der Waals surface area contributed by atoms with Crippen molar-refractivity contribution in [3.63, 3.8) is 0 Å². The minimum absolute atomic E-state index is 0.306. The van der Waals surface area contributed by atoms with E-state index < -0.39 is 17.6 Å². The maximum atomic E-state index is 13.6. The van der Waals surface area contributed by atoms with E-state index >= 15 is 0 Å². The molecule has 0 N–H and O–H groups in total. The Kier molecular flexibility index (Phi) is 4.42. The topological polar surface area (TPSA) is 21.1 Å². The van der Waals surface area contributed by atoms with Crippen molar-refractivity contribution in [2.45, 2.75) is 25.1 Å². The highest BCUT2D eigenvalue weighted by molar-refractivity contribution is 5.76. The lowest BCUT2D eigenvalue weighted by molar-refractivity contribution is -0.137. The fraction of sp³-hybridized carbons (Fsp3) is 0.350. The molecule has 2 aromatic carbocycles. The van der Waals surface area contributed by atoms with E-state index in [0.29, 0.717) is 24.1 Å². The molecule has 1 fully saturated rings. The molecule has 7 heteroatoms. The van der Waals surface area contributed by atoms with Gasteiger partial charge in [-0.3, -0.25) is 4.90 Å². The molecule has 142 valence electrons. The second-order valence-electron chi connectivity index (χ2n) is 7.17. The Morgan fingerprint density at radius 2 is 1.96 bits per heavy atom. The minimum atomic E-state index is -4.54. The summed E-state index contributed by atoms with van der Waals surface area (Å²) in [6.07, 6.45) is -1.84. The zero-order valence-electron chi connectivity index (χ0n) is 14.8. The van der Waals surface area contributed by atoms with Crippen molar-refractivity contribution in [2.75, 3.05) is 13.1 Å². The van der Waals surface area contributed by atoms with Gasteiger partial charge in [0.05, 0.1) is 22.9 Å². The largest absolute Gasteiger partial charge is 0.416 e. The summed E-state index contributed by atoms with van der Waals surface area (Å²) in [5.74, 6) is -0.544. The average Bonchev–Trinajstić information content (AvgIpc) is 3.20. The number of hydrogen-bond acceptors (Lipinski definition) is 2. The monoisotopic (exact) mass is 377 g/mol. The highest BCUT2D eigenvalue weighted by Gasteiger charge is 2.32. The summed E-state index contributed by atoms with van der Waals surface area (Å²) in [7, 11) is 1.95. The Balaban J connectivity index is 1.49. The third-order valence-corrected chi connectivity index (χ3v) is 5.18. The summed E-state index contributed by atoms with van der Waals surface area (Å²) in [6.45, 7) is 1.82. The van der Waals surface area contributed by atoms with Gasteiger partial charge < -0.3 is 4.57 Å². The minimum Gasteiger partial charge on any atom is -0.334 e. The number of benzene rings is 2. The van der Waals surface area contributed by atoms with Crippen molar-refractivity contribution in [1.82, 2.24) is 14.5 Å². The molecule has 4 rings (SSSR count). The van der Waals surface area contributed by atoms with E-state index in [-0.39, 0.29) is 0 Å². The molecule has 0 saturated carbocycles. The van der Waals surface area contributed by atoms with Gasteiger partial charge in [-0.2, -0.15) is 13.2 Å². The Morgan fingerprint density at radius 3 is 2.74 bits per heavy atom. The van der Waals surface area contributed by atoms with Crippen LogP contribution < -0.4 is 0 Å². The third kappa shape index (κ3) is 3.69. The van der Waals surface area contributed by atoms with Gasteiger partial charge in [0.25, 0.3) is 0 Å². The Morgan fingerprint density at radius 1 is 1.15 bits per heavy atom. The summed E-state index contributed by atoms with van der Waals surface area (Å²) >= 11 is 0. The molecule has 1 saturated heterocycles. The summed E-state index contributed by atoms with van der Waals surface area (Å²) < 4.78 is 54.2. The Hall–Kier alpha value is -2.41. The van der Waals surface area contributed by atoms with E-state index in [4.69, 9.17) is 0 Å². The summed E-state index contributed by atoms with van der Waals surface area (Å²) in [5.41, 5.74) is 2.62. The lowest BCUT2D eigenvalue weighted by Gasteiger charge is -2.17. The van der Waals surface area contributed by atoms with Gasteiger partial charge in [0.15, 0.2) is 0 Å². The Labute approximate surface area is 154 Å². The van der Waals surface area contributed by atoms with Crippen molar-refractivity contribution in [2.24, 2.45) is 7.05 Å². The zero-order chi connectivity index (χ0) is 19.2. The fourth-order valence-corrected chi connectivity index (χ4v) is 3.81. The van der Waals surface area contributed by atoms with Crippen molar-refractivity contribution in [1.29, 1.82) is 0 Å². The molecule has 3 aromatic rings. The average molecular weight is 377 g/mol. The number of rotatable bonds is 3. The summed E-state index contributed by atoms with van der Waals surface area (Å²) in [4.78, 5) is 6.39. The van der Waals surface area contributed by atoms with Crippen LogP contribution in [0.4, 0.5) is 17.6 Å². The quantitative estimate of drug-likeness (QED) is 0.616. The number of nitrogens with zero attached hydrogens (tertiary/aromatic N) is 3. The molecule has 3 nitrogen and oxygen atoms in total. The Bertz CT molecular complexity index is 977. The zero-order valence-corrected chi connectivity index (χ0v) is 14.8. The van der Waals surface area contributed by atoms with Crippen LogP contribution in [-0.4, -0.2) is 27.5 Å². The van der Waals surface area contributed by atoms with E-state index in [9.17, 15) is 17.6 Å². The van der Waals surface area contributed by atoms with Gasteiger partial charge in [-0.15, -0.1) is 0 Å². The lowest BCUT2D eigenvalue weighted by Crippen LogP contribution is -2.20. The maximum Gasteiger partial charge on any atom is 0.416 e. The highest BCUT2D eigenvalue weighted by atomic mass is 19.4. The van der Waals surface area contributed by atoms with E-state index in [1.165, 1.54) is 11.6 Å². The molecule has 1 aromatic heterocycles. The molecule has 1 atom stereocenters. The predicted molar refractivity (Wildman–Crippen MR) is 94.8 cm³/mol. The van der Waals surface area contributed by atoms with Gasteiger partial charge in [-0.25, -0.2) is 9.37 Å². The number of alkyl halides is 3. The first-order valence-corrected chi connectivity index (χ1v) is 8.79. The summed E-state index contributed by atoms with van der Waals surface area (Å²) in [5, 5.41) is 0. The number of aryl methyl sites for hydroxylation is 1. The predicted octanol–water partition coefficient (Wildman–Crippen LogP) is 4.72. The first-order valence-electron chi connectivity index (χ1n) is 8.79. The molecule has 1 aliphatic rings. The van der Waals surface area contributed by atoms with Crippen LogP contribution in [0.1, 0.15) is 29.0 Å². The molecular formula is C20H19F4N3. The molecule has 0 aliphatic carbocycles. The van der Waals surface area contributed by atoms with Crippen molar-refractivity contribution in [3.8, 4) is 0 Å². The molecule has 27 heavy (non-hydrogen) atoms. The first-order chi connectivity index (χ1) is 12.8. The molecule has 1 aliphatic heterocycles. The standard InChI is InChI=1S/C20H19F4N3/c1-26-12-25-18-3-2-14(8-19(18)26)15-4-5-27(11-15)10-13-6-16(20(22,23)24)9-17(21)7-13/h2-3,6-9,12,15H,4-5,10-11H2,1H3. The van der Waals surface area contributed by atoms with Crippen LogP contribution in [0, 0.1) is 5.82 Å². The maximum absolute atomic E-state index is 13.6. The number of halogens is 4. The normalized spacial score (nSPS) is 18.5. The van der Waals surface area contributed by atoms with Gasteiger partial charge >= 0.3 is 6.18 Å². The van der Waals surface area contributed by atoms with E-state index in [1.807, 2.05) is 17.7 Å². The second kappa shape index (κ2) is 6.64. The fourth-order valence-electron chi connectivity index (χ4n) is 3.81. The van der Waals surface area contributed by atoms with Gasteiger partial charge in [0, 0.05) is 20.1 Å². The lowest BCUT2D eigenvalue weighted by atomic mass is 9.98. The van der Waals surface area contributed by atoms with Crippen LogP contribution in [0.5, 0.6) is 0 Å². The molecule has 0 spiro atoms. The van der Waals surface area contributed by atoms with Crippen LogP contribution in [0.15, 0.2) is 42.7 Å². The van der Waals surface area contributed by atoms with Crippen LogP contribution in [-0.2, 0) is 19.8 Å². The van der Waals surface area contributed by atoms with Gasteiger partial charge in [-0.05, 0) is 60.3 Å². The van der Waals surface area contributed by atoms with E-state index in [1.54, 1.807) is 6.33 Å². The molecule has 0 bridgehead atoms. The molecule has 0 radical (unpaired) electrons. The molecule has 1 unspecified atom stereocenters. The van der Waals surface area contributed by atoms with Gasteiger partial charge in [0.2, 0.25) is 0 Å². The molecule has 2 heterocycles. The van der Waals surface area contributed by atoms with Gasteiger partial charge in [-0.1, -0.05) is 6.07 Å². The summed E-state index contributed by atoms with van der Waals surface area (Å²) in [6, 6.07) is 8.95. The molecular weight excluding hydrogens is 358 g/mol. The van der Waals surface area contributed by atoms with Crippen LogP contribution in [0.25, 0.3) is 11.0 Å². The number of fused-ring (bicyclic) bond motifs is 1. The van der Waals surface area contributed by atoms with Crippen molar-refractivity contribution in [3.05, 3.63) is 65.2 Å². The van der Waals surface area contributed by atoms with E-state index in [0.717, 1.165) is 36.6 Å². The molecule has 0 amide bonds. The number of aromatic nitrogens is 2. The van der Waals surface area contributed by atoms with Crippen LogP contribution >= 0.6 is 0 Å². The van der Waals surface area contributed by atoms with E-state index in [2.05, 4.69) is 22.0 Å². The first kappa shape index (κ1) is 18.0. The SMILES string of the molecule is Cn1cnc2ccc(C3CCN(Cc4cc(F)cc(C(F)(F)F)c4)C3)cc21. The number of hydrogen-bond donors (Lipinski definition) is 0. The van der Waals surface area contributed by atoms with Crippen molar-refractivity contribution >= 4 is 11.0 Å².